The second-order valence-corrected chi connectivity index (χ2v) is 5.41. The van der Waals surface area contributed by atoms with Gasteiger partial charge < -0.3 is 10.5 Å². The number of rotatable bonds is 2. The normalized spacial score (nSPS) is 10.3. The fraction of sp³-hybridized carbons (Fsp3) is 0. The fourth-order valence-corrected chi connectivity index (χ4v) is 2.62. The highest BCUT2D eigenvalue weighted by Gasteiger charge is 2.08. The highest BCUT2D eigenvalue weighted by Crippen LogP contribution is 2.36. The molecule has 2 N–H and O–H groups in total. The van der Waals surface area contributed by atoms with Crippen molar-refractivity contribution in [3.05, 3.63) is 64.6 Å². The maximum atomic E-state index is 8.89. The van der Waals surface area contributed by atoms with Crippen LogP contribution in [-0.2, 0) is 0 Å². The van der Waals surface area contributed by atoms with E-state index in [0.717, 1.165) is 26.7 Å². The zero-order valence-corrected chi connectivity index (χ0v) is 12.6. The highest BCUT2D eigenvalue weighted by molar-refractivity contribution is 9.10. The van der Waals surface area contributed by atoms with Gasteiger partial charge in [-0.25, -0.2) is 0 Å². The molecule has 0 fully saturated rings. The van der Waals surface area contributed by atoms with Gasteiger partial charge in [0.1, 0.15) is 11.5 Å². The topological polar surface area (TPSA) is 59.0 Å². The van der Waals surface area contributed by atoms with Gasteiger partial charge in [0.05, 0.1) is 16.1 Å². The first kappa shape index (κ1) is 13.5. The van der Waals surface area contributed by atoms with E-state index in [4.69, 9.17) is 15.7 Å². The highest BCUT2D eigenvalue weighted by atomic mass is 79.9. The molecule has 0 bridgehead atoms. The van der Waals surface area contributed by atoms with Crippen molar-refractivity contribution in [3.8, 4) is 17.6 Å². The summed E-state index contributed by atoms with van der Waals surface area (Å²) >= 11 is 3.42. The van der Waals surface area contributed by atoms with Crippen molar-refractivity contribution >= 4 is 32.4 Å². The summed E-state index contributed by atoms with van der Waals surface area (Å²) in [6.45, 7) is 0. The van der Waals surface area contributed by atoms with Crippen LogP contribution in [0.15, 0.2) is 59.1 Å². The van der Waals surface area contributed by atoms with Gasteiger partial charge in [-0.05, 0) is 46.3 Å². The Morgan fingerprint density at radius 3 is 2.38 bits per heavy atom. The minimum absolute atomic E-state index is 0.580. The molecule has 102 valence electrons. The van der Waals surface area contributed by atoms with Crippen molar-refractivity contribution in [2.45, 2.75) is 0 Å². The van der Waals surface area contributed by atoms with Crippen molar-refractivity contribution in [1.82, 2.24) is 0 Å². The Balaban J connectivity index is 2.07. The summed E-state index contributed by atoms with van der Waals surface area (Å²) in [5.41, 5.74) is 7.28. The number of anilines is 1. The monoisotopic (exact) mass is 338 g/mol. The standard InChI is InChI=1S/C17H11BrN2O/c18-14-9-11(10-19)5-7-17(14)21-16-8-6-15(20)12-3-1-2-4-13(12)16/h1-9H,20H2. The van der Waals surface area contributed by atoms with Crippen LogP contribution in [-0.4, -0.2) is 0 Å². The Labute approximate surface area is 130 Å². The van der Waals surface area contributed by atoms with Crippen LogP contribution in [0, 0.1) is 11.3 Å². The van der Waals surface area contributed by atoms with Gasteiger partial charge in [-0.2, -0.15) is 5.26 Å². The van der Waals surface area contributed by atoms with Gasteiger partial charge in [0.2, 0.25) is 0 Å². The molecule has 0 saturated heterocycles. The molecule has 0 amide bonds. The van der Waals surface area contributed by atoms with E-state index in [1.165, 1.54) is 0 Å². The second-order valence-electron chi connectivity index (χ2n) is 4.56. The molecule has 0 radical (unpaired) electrons. The molecule has 0 unspecified atom stereocenters. The van der Waals surface area contributed by atoms with E-state index in [1.807, 2.05) is 36.4 Å². The summed E-state index contributed by atoms with van der Waals surface area (Å²) in [6.07, 6.45) is 0. The molecule has 21 heavy (non-hydrogen) atoms. The third-order valence-corrected chi connectivity index (χ3v) is 3.82. The maximum Gasteiger partial charge on any atom is 0.141 e. The Bertz CT molecular complexity index is 868. The molecule has 0 atom stereocenters. The third-order valence-electron chi connectivity index (χ3n) is 3.20. The summed E-state index contributed by atoms with van der Waals surface area (Å²) in [6, 6.07) is 18.8. The minimum atomic E-state index is 0.580. The molecule has 0 aliphatic carbocycles. The Hall–Kier alpha value is -2.51. The molecule has 0 aromatic heterocycles. The molecule has 0 aliphatic heterocycles. The zero-order valence-electron chi connectivity index (χ0n) is 11.0. The Kier molecular flexibility index (Phi) is 3.51. The summed E-state index contributed by atoms with van der Waals surface area (Å²) in [4.78, 5) is 0. The first-order valence-corrected chi connectivity index (χ1v) is 7.13. The summed E-state index contributed by atoms with van der Waals surface area (Å²) in [5, 5.41) is 10.8. The third kappa shape index (κ3) is 2.56. The molecule has 3 aromatic rings. The van der Waals surface area contributed by atoms with Crippen molar-refractivity contribution in [2.24, 2.45) is 0 Å². The molecule has 0 spiro atoms. The number of nitrogens with two attached hydrogens (primary N) is 1. The number of benzene rings is 3. The molecule has 3 aromatic carbocycles. The van der Waals surface area contributed by atoms with E-state index < -0.39 is 0 Å². The number of nitriles is 1. The second kappa shape index (κ2) is 5.47. The lowest BCUT2D eigenvalue weighted by Crippen LogP contribution is -1.91. The lowest BCUT2D eigenvalue weighted by Gasteiger charge is -2.11. The molecule has 0 aliphatic rings. The number of fused-ring (bicyclic) bond motifs is 1. The average molecular weight is 339 g/mol. The van der Waals surface area contributed by atoms with Crippen LogP contribution in [0.25, 0.3) is 10.8 Å². The predicted octanol–water partition coefficient (Wildman–Crippen LogP) is 4.85. The quantitative estimate of drug-likeness (QED) is 0.679. The van der Waals surface area contributed by atoms with E-state index in [9.17, 15) is 0 Å². The van der Waals surface area contributed by atoms with E-state index in [1.54, 1.807) is 18.2 Å². The smallest absolute Gasteiger partial charge is 0.141 e. The van der Waals surface area contributed by atoms with Crippen molar-refractivity contribution in [1.29, 1.82) is 5.26 Å². The molecule has 0 heterocycles. The predicted molar refractivity (Wildman–Crippen MR) is 87.3 cm³/mol. The van der Waals surface area contributed by atoms with Gasteiger partial charge in [-0.1, -0.05) is 24.3 Å². The van der Waals surface area contributed by atoms with Gasteiger partial charge in [-0.15, -0.1) is 0 Å². The molecule has 0 saturated carbocycles. The molecule has 3 rings (SSSR count). The van der Waals surface area contributed by atoms with Crippen LogP contribution in [0.5, 0.6) is 11.5 Å². The van der Waals surface area contributed by atoms with Crippen molar-refractivity contribution in [3.63, 3.8) is 0 Å². The lowest BCUT2D eigenvalue weighted by atomic mass is 10.1. The van der Waals surface area contributed by atoms with Gasteiger partial charge in [0, 0.05) is 16.5 Å². The largest absolute Gasteiger partial charge is 0.456 e. The van der Waals surface area contributed by atoms with Gasteiger partial charge in [0.25, 0.3) is 0 Å². The molecular formula is C17H11BrN2O. The lowest BCUT2D eigenvalue weighted by molar-refractivity contribution is 0.485. The van der Waals surface area contributed by atoms with E-state index in [0.29, 0.717) is 11.3 Å². The molecule has 3 nitrogen and oxygen atoms in total. The molecular weight excluding hydrogens is 328 g/mol. The maximum absolute atomic E-state index is 8.89. The summed E-state index contributed by atoms with van der Waals surface area (Å²) in [5.74, 6) is 1.38. The van der Waals surface area contributed by atoms with Gasteiger partial charge in [-0.3, -0.25) is 0 Å². The van der Waals surface area contributed by atoms with Gasteiger partial charge in [0.15, 0.2) is 0 Å². The number of hydrogen-bond donors (Lipinski definition) is 1. The number of ether oxygens (including phenoxy) is 1. The Morgan fingerprint density at radius 2 is 1.67 bits per heavy atom. The molecule has 4 heteroatoms. The number of nitrogens with zero attached hydrogens (tertiary/aromatic N) is 1. The first-order chi connectivity index (χ1) is 10.2. The van der Waals surface area contributed by atoms with Crippen molar-refractivity contribution in [2.75, 3.05) is 5.73 Å². The fourth-order valence-electron chi connectivity index (χ4n) is 2.16. The summed E-state index contributed by atoms with van der Waals surface area (Å²) < 4.78 is 6.70. The SMILES string of the molecule is N#Cc1ccc(Oc2ccc(N)c3ccccc23)c(Br)c1. The number of hydrogen-bond acceptors (Lipinski definition) is 3. The van der Waals surface area contributed by atoms with Crippen LogP contribution in [0.3, 0.4) is 0 Å². The van der Waals surface area contributed by atoms with Gasteiger partial charge >= 0.3 is 0 Å². The van der Waals surface area contributed by atoms with E-state index >= 15 is 0 Å². The average Bonchev–Trinajstić information content (AvgIpc) is 2.52. The van der Waals surface area contributed by atoms with Crippen LogP contribution in [0.2, 0.25) is 0 Å². The number of nitrogen functional groups attached to an aromatic ring is 1. The van der Waals surface area contributed by atoms with Crippen LogP contribution < -0.4 is 10.5 Å². The van der Waals surface area contributed by atoms with Crippen LogP contribution >= 0.6 is 15.9 Å². The van der Waals surface area contributed by atoms with Crippen molar-refractivity contribution < 1.29 is 4.74 Å². The van der Waals surface area contributed by atoms with E-state index in [-0.39, 0.29) is 0 Å². The number of halogens is 1. The summed E-state index contributed by atoms with van der Waals surface area (Å²) in [7, 11) is 0. The first-order valence-electron chi connectivity index (χ1n) is 6.34. The van der Waals surface area contributed by atoms with Crippen LogP contribution in [0.4, 0.5) is 5.69 Å². The van der Waals surface area contributed by atoms with Crippen LogP contribution in [0.1, 0.15) is 5.56 Å². The Morgan fingerprint density at radius 1 is 0.952 bits per heavy atom. The van der Waals surface area contributed by atoms with E-state index in [2.05, 4.69) is 22.0 Å². The zero-order chi connectivity index (χ0) is 14.8. The minimum Gasteiger partial charge on any atom is -0.456 e.